The predicted molar refractivity (Wildman–Crippen MR) is 242 cm³/mol. The molecule has 0 aromatic rings. The van der Waals surface area contributed by atoms with Gasteiger partial charge in [0.15, 0.2) is 6.10 Å². The second-order valence-electron chi connectivity index (χ2n) is 15.2. The molecule has 0 rings (SSSR count). The Morgan fingerprint density at radius 3 is 1.71 bits per heavy atom. The molecule has 0 heterocycles. The SMILES string of the molecule is CC/C=C\C[C@H](O)/C=C/C=C\C=C\[C@H](O)C/C=C\C/C=C\CCC(=O)O[C@H](COC(=O)CCCCCCCCCCCCC(C)CC)COP(=O)(O)OC[C@@H](O)COP(=O)(O)O. The average molecular weight is 921 g/mol. The van der Waals surface area contributed by atoms with Gasteiger partial charge < -0.3 is 39.5 Å². The normalized spacial score (nSPS) is 16.2. The minimum atomic E-state index is -4.89. The van der Waals surface area contributed by atoms with Gasteiger partial charge in [-0.1, -0.05) is 164 Å². The van der Waals surface area contributed by atoms with Gasteiger partial charge in [-0.2, -0.15) is 0 Å². The summed E-state index contributed by atoms with van der Waals surface area (Å²) in [5.74, 6) is -0.392. The van der Waals surface area contributed by atoms with Crippen molar-refractivity contribution in [2.24, 2.45) is 5.92 Å². The fourth-order valence-electron chi connectivity index (χ4n) is 5.52. The topological polar surface area (TPSA) is 236 Å². The van der Waals surface area contributed by atoms with Crippen LogP contribution in [-0.4, -0.2) is 92.8 Å². The van der Waals surface area contributed by atoms with Crippen molar-refractivity contribution in [1.29, 1.82) is 0 Å². The molecule has 0 aliphatic carbocycles. The lowest BCUT2D eigenvalue weighted by Gasteiger charge is -2.20. The number of ether oxygens (including phenoxy) is 2. The molecule has 0 bridgehead atoms. The summed E-state index contributed by atoms with van der Waals surface area (Å²) in [6.07, 6.45) is 34.0. The molecule has 0 saturated carbocycles. The highest BCUT2D eigenvalue weighted by molar-refractivity contribution is 7.47. The van der Waals surface area contributed by atoms with Crippen molar-refractivity contribution < 1.29 is 71.8 Å². The van der Waals surface area contributed by atoms with E-state index in [1.807, 2.05) is 37.3 Å². The van der Waals surface area contributed by atoms with Crippen LogP contribution >= 0.6 is 15.6 Å². The molecular weight excluding hydrogens is 842 g/mol. The molecule has 17 heteroatoms. The van der Waals surface area contributed by atoms with Crippen LogP contribution in [0.15, 0.2) is 72.9 Å². The van der Waals surface area contributed by atoms with Gasteiger partial charge in [-0.05, 0) is 44.4 Å². The number of phosphoric acid groups is 2. The van der Waals surface area contributed by atoms with Crippen LogP contribution in [0, 0.1) is 5.92 Å². The zero-order valence-corrected chi connectivity index (χ0v) is 39.1. The number of rotatable bonds is 40. The molecule has 0 fully saturated rings. The van der Waals surface area contributed by atoms with Gasteiger partial charge in [-0.15, -0.1) is 0 Å². The smallest absolute Gasteiger partial charge is 0.462 e. The molecule has 6 atom stereocenters. The van der Waals surface area contributed by atoms with Crippen LogP contribution in [0.4, 0.5) is 0 Å². The quantitative estimate of drug-likeness (QED) is 0.0110. The van der Waals surface area contributed by atoms with E-state index in [1.165, 1.54) is 51.4 Å². The lowest BCUT2D eigenvalue weighted by molar-refractivity contribution is -0.161. The Hall–Kier alpha value is -2.52. The van der Waals surface area contributed by atoms with Crippen LogP contribution in [0.5, 0.6) is 0 Å². The number of carbonyl (C=O) groups is 2. The molecule has 0 spiro atoms. The van der Waals surface area contributed by atoms with Gasteiger partial charge in [0.2, 0.25) is 0 Å². The van der Waals surface area contributed by atoms with E-state index in [9.17, 15) is 38.9 Å². The van der Waals surface area contributed by atoms with Crippen molar-refractivity contribution in [3.05, 3.63) is 72.9 Å². The second kappa shape index (κ2) is 38.9. The molecule has 0 aromatic heterocycles. The van der Waals surface area contributed by atoms with Gasteiger partial charge in [0.1, 0.15) is 12.7 Å². The molecule has 0 saturated heterocycles. The monoisotopic (exact) mass is 920 g/mol. The minimum absolute atomic E-state index is 0.0526. The minimum Gasteiger partial charge on any atom is -0.462 e. The molecule has 0 aliphatic heterocycles. The highest BCUT2D eigenvalue weighted by Crippen LogP contribution is 2.43. The Balaban J connectivity index is 4.76. The van der Waals surface area contributed by atoms with Crippen LogP contribution < -0.4 is 0 Å². The Labute approximate surface area is 370 Å². The van der Waals surface area contributed by atoms with E-state index in [-0.39, 0.29) is 12.8 Å². The van der Waals surface area contributed by atoms with Crippen molar-refractivity contribution in [1.82, 2.24) is 0 Å². The molecule has 15 nitrogen and oxygen atoms in total. The van der Waals surface area contributed by atoms with Crippen molar-refractivity contribution in [2.45, 2.75) is 167 Å². The van der Waals surface area contributed by atoms with Crippen LogP contribution in [-0.2, 0) is 41.8 Å². The molecule has 0 aromatic carbocycles. The Morgan fingerprint density at radius 2 is 1.13 bits per heavy atom. The number of carbonyl (C=O) groups excluding carboxylic acids is 2. The maximum atomic E-state index is 12.6. The van der Waals surface area contributed by atoms with Gasteiger partial charge in [0.05, 0.1) is 32.0 Å². The molecule has 358 valence electrons. The Kier molecular flexibility index (Phi) is 37.3. The van der Waals surface area contributed by atoms with Crippen LogP contribution in [0.3, 0.4) is 0 Å². The largest absolute Gasteiger partial charge is 0.472 e. The van der Waals surface area contributed by atoms with E-state index in [1.54, 1.807) is 42.5 Å². The van der Waals surface area contributed by atoms with Gasteiger partial charge in [0.25, 0.3) is 0 Å². The lowest BCUT2D eigenvalue weighted by atomic mass is 9.99. The summed E-state index contributed by atoms with van der Waals surface area (Å²) in [4.78, 5) is 52.7. The van der Waals surface area contributed by atoms with Gasteiger partial charge in [0, 0.05) is 12.8 Å². The van der Waals surface area contributed by atoms with E-state index in [4.69, 9.17) is 23.8 Å². The molecule has 0 amide bonds. The summed E-state index contributed by atoms with van der Waals surface area (Å²) in [6.45, 7) is 3.68. The summed E-state index contributed by atoms with van der Waals surface area (Å²) >= 11 is 0. The molecule has 2 unspecified atom stereocenters. The number of hydrogen-bond acceptors (Lipinski definition) is 12. The van der Waals surface area contributed by atoms with Crippen LogP contribution in [0.25, 0.3) is 0 Å². The molecule has 0 aliphatic rings. The number of esters is 2. The molecule has 0 radical (unpaired) electrons. The zero-order valence-electron chi connectivity index (χ0n) is 37.3. The first-order chi connectivity index (χ1) is 29.6. The van der Waals surface area contributed by atoms with E-state index in [0.717, 1.165) is 31.6 Å². The van der Waals surface area contributed by atoms with Crippen LogP contribution in [0.1, 0.15) is 143 Å². The van der Waals surface area contributed by atoms with E-state index < -0.39 is 78.4 Å². The number of unbranched alkanes of at least 4 members (excludes halogenated alkanes) is 9. The third kappa shape index (κ3) is 41.5. The van der Waals surface area contributed by atoms with Crippen LogP contribution in [0.2, 0.25) is 0 Å². The summed E-state index contributed by atoms with van der Waals surface area (Å²) in [7, 11) is -9.75. The lowest BCUT2D eigenvalue weighted by Crippen LogP contribution is -2.29. The van der Waals surface area contributed by atoms with E-state index in [0.29, 0.717) is 32.1 Å². The number of hydrogen-bond donors (Lipinski definition) is 6. The maximum absolute atomic E-state index is 12.6. The van der Waals surface area contributed by atoms with E-state index in [2.05, 4.69) is 22.9 Å². The fraction of sp³-hybridized carbons (Fsp3) is 0.689. The van der Waals surface area contributed by atoms with Crippen molar-refractivity contribution in [3.63, 3.8) is 0 Å². The van der Waals surface area contributed by atoms with Gasteiger partial charge >= 0.3 is 27.6 Å². The molecule has 62 heavy (non-hydrogen) atoms. The summed E-state index contributed by atoms with van der Waals surface area (Å²) in [5.41, 5.74) is 0. The average Bonchev–Trinajstić information content (AvgIpc) is 3.22. The van der Waals surface area contributed by atoms with Crippen molar-refractivity contribution in [2.75, 3.05) is 26.4 Å². The van der Waals surface area contributed by atoms with Gasteiger partial charge in [-0.3, -0.25) is 23.2 Å². The highest BCUT2D eigenvalue weighted by atomic mass is 31.2. The standard InChI is InChI=1S/C45H78O15P2/c1-4-6-21-29-40(46)31-24-19-20-25-32-41(47)30-23-16-13-14-18-27-34-45(50)60-43(38-59-62(54,55)58-36-42(48)35-57-61(51,52)53)37-56-44(49)33-26-17-12-10-8-7-9-11-15-22-28-39(3)5-2/h6,14,16,18-21,23-25,31-32,39-43,46-48H,4-5,7-13,15,17,22,26-30,33-38H2,1-3H3,(H,54,55)(H2,51,52,53)/b18-14-,20-19-,21-6-,23-16-,31-24+,32-25+/t39?,40-,41+,42-,43+/m0/s1. The fourth-order valence-corrected chi connectivity index (χ4v) is 6.68. The number of aliphatic hydroxyl groups is 3. The van der Waals surface area contributed by atoms with Crippen molar-refractivity contribution in [3.8, 4) is 0 Å². The molecule has 6 N–H and O–H groups in total. The summed E-state index contributed by atoms with van der Waals surface area (Å²) in [5, 5.41) is 29.7. The third-order valence-electron chi connectivity index (χ3n) is 9.32. The second-order valence-corrected chi connectivity index (χ2v) is 17.9. The molecular formula is C45H78O15P2. The Morgan fingerprint density at radius 1 is 0.597 bits per heavy atom. The summed E-state index contributed by atoms with van der Waals surface area (Å²) in [6, 6.07) is 0. The number of aliphatic hydroxyl groups excluding tert-OH is 3. The highest BCUT2D eigenvalue weighted by Gasteiger charge is 2.28. The Bertz CT molecular complexity index is 1420. The zero-order chi connectivity index (χ0) is 46.3. The first-order valence-electron chi connectivity index (χ1n) is 22.2. The van der Waals surface area contributed by atoms with E-state index >= 15 is 0 Å². The number of allylic oxidation sites excluding steroid dienone is 8. The van der Waals surface area contributed by atoms with Crippen molar-refractivity contribution >= 4 is 27.6 Å². The summed E-state index contributed by atoms with van der Waals surface area (Å²) < 4.78 is 47.6. The van der Waals surface area contributed by atoms with Gasteiger partial charge in [-0.25, -0.2) is 9.13 Å². The third-order valence-corrected chi connectivity index (χ3v) is 10.8. The predicted octanol–water partition coefficient (Wildman–Crippen LogP) is 9.19. The first-order valence-corrected chi connectivity index (χ1v) is 25.3. The maximum Gasteiger partial charge on any atom is 0.472 e. The first kappa shape index (κ1) is 59.5. The number of phosphoric ester groups is 2.